The molecule has 0 radical (unpaired) electrons. The van der Waals surface area contributed by atoms with Gasteiger partial charge in [-0.3, -0.25) is 0 Å². The minimum atomic E-state index is -0.0323. The lowest BCUT2D eigenvalue weighted by Gasteiger charge is -2.46. The lowest BCUT2D eigenvalue weighted by atomic mass is 9.67. The van der Waals surface area contributed by atoms with Gasteiger partial charge in [-0.2, -0.15) is 0 Å². The second kappa shape index (κ2) is 8.26. The Morgan fingerprint density at radius 3 is 2.21 bits per heavy atom. The fourth-order valence-corrected chi connectivity index (χ4v) is 5.26. The number of benzene rings is 2. The predicted molar refractivity (Wildman–Crippen MR) is 116 cm³/mol. The van der Waals surface area contributed by atoms with Crippen LogP contribution in [0.1, 0.15) is 38.7 Å². The van der Waals surface area contributed by atoms with E-state index in [4.69, 9.17) is 4.74 Å². The van der Waals surface area contributed by atoms with Crippen molar-refractivity contribution in [2.45, 2.75) is 44.1 Å². The zero-order valence-electron chi connectivity index (χ0n) is 17.5. The van der Waals surface area contributed by atoms with Gasteiger partial charge < -0.3 is 14.5 Å². The van der Waals surface area contributed by atoms with Gasteiger partial charge in [-0.05, 0) is 44.4 Å². The summed E-state index contributed by atoms with van der Waals surface area (Å²) in [6, 6.07) is 22.1. The summed E-state index contributed by atoms with van der Waals surface area (Å²) in [7, 11) is 0. The molecule has 0 spiro atoms. The molecule has 1 N–H and O–H groups in total. The minimum absolute atomic E-state index is 0.0323. The van der Waals surface area contributed by atoms with Gasteiger partial charge in [-0.15, -0.1) is 0 Å². The van der Waals surface area contributed by atoms with Crippen LogP contribution in [0.15, 0.2) is 60.7 Å². The van der Waals surface area contributed by atoms with Crippen LogP contribution in [0.4, 0.5) is 5.69 Å². The normalized spacial score (nSPS) is 25.6. The van der Waals surface area contributed by atoms with Gasteiger partial charge in [0.05, 0.1) is 38.3 Å². The lowest BCUT2D eigenvalue weighted by molar-refractivity contribution is -0.901. The van der Waals surface area contributed by atoms with Crippen LogP contribution in [0.2, 0.25) is 0 Å². The van der Waals surface area contributed by atoms with Gasteiger partial charge in [0.15, 0.2) is 0 Å². The minimum Gasteiger partial charge on any atom is -0.376 e. The number of hydrogen-bond acceptors (Lipinski definition) is 2. The van der Waals surface area contributed by atoms with Crippen LogP contribution in [-0.4, -0.2) is 44.9 Å². The number of hydrogen-bond donors (Lipinski definition) is 1. The topological polar surface area (TPSA) is 16.9 Å². The van der Waals surface area contributed by atoms with Crippen molar-refractivity contribution >= 4 is 5.69 Å². The highest BCUT2D eigenvalue weighted by Gasteiger charge is 2.42. The first-order valence-electron chi connectivity index (χ1n) is 10.9. The summed E-state index contributed by atoms with van der Waals surface area (Å²) in [6.07, 6.45) is 3.52. The van der Waals surface area contributed by atoms with Gasteiger partial charge >= 0.3 is 0 Å². The molecule has 0 amide bonds. The van der Waals surface area contributed by atoms with Crippen molar-refractivity contribution in [1.82, 2.24) is 0 Å². The van der Waals surface area contributed by atoms with Crippen molar-refractivity contribution < 1.29 is 9.64 Å². The van der Waals surface area contributed by atoms with Gasteiger partial charge in [-0.25, -0.2) is 0 Å². The van der Waals surface area contributed by atoms with Crippen molar-refractivity contribution in [1.29, 1.82) is 0 Å². The highest BCUT2D eigenvalue weighted by Crippen LogP contribution is 2.43. The Hall–Kier alpha value is -1.84. The van der Waals surface area contributed by atoms with Crippen molar-refractivity contribution in [2.24, 2.45) is 0 Å². The van der Waals surface area contributed by atoms with E-state index in [9.17, 15) is 0 Å². The molecule has 2 aromatic rings. The van der Waals surface area contributed by atoms with Gasteiger partial charge in [-0.1, -0.05) is 48.5 Å². The zero-order chi connectivity index (χ0) is 19.5. The largest absolute Gasteiger partial charge is 0.376 e. The third-order valence-corrected chi connectivity index (χ3v) is 6.77. The van der Waals surface area contributed by atoms with E-state index in [2.05, 4.69) is 79.4 Å². The van der Waals surface area contributed by atoms with E-state index in [0.29, 0.717) is 0 Å². The standard InChI is InChI=1S/C25H34N2O/c1-24(2)21-25(14-20-28-24,22-9-5-3-6-10-22)13-15-26-16-18-27(19-17-26)23-11-7-4-8-12-23/h3-12H,13-21H2,1-2H3/p+1/t25-/m0/s1. The summed E-state index contributed by atoms with van der Waals surface area (Å²) < 4.78 is 6.08. The average Bonchev–Trinajstić information content (AvgIpc) is 2.73. The molecule has 0 saturated carbocycles. The molecule has 3 heteroatoms. The number of ether oxygens (including phenoxy) is 1. The molecule has 1 atom stereocenters. The Kier molecular flexibility index (Phi) is 5.75. The maximum atomic E-state index is 6.08. The SMILES string of the molecule is CC1(C)C[C@@](CC[NH+]2CCN(c3ccccc3)CC2)(c2ccccc2)CCO1. The Morgan fingerprint density at radius 2 is 1.57 bits per heavy atom. The van der Waals surface area contributed by atoms with Gasteiger partial charge in [0.25, 0.3) is 0 Å². The smallest absolute Gasteiger partial charge is 0.0949 e. The van der Waals surface area contributed by atoms with Gasteiger partial charge in [0, 0.05) is 24.1 Å². The molecule has 0 aromatic heterocycles. The Morgan fingerprint density at radius 1 is 0.929 bits per heavy atom. The number of nitrogens with zero attached hydrogens (tertiary/aromatic N) is 1. The number of rotatable bonds is 5. The summed E-state index contributed by atoms with van der Waals surface area (Å²) in [6.45, 7) is 11.4. The fraction of sp³-hybridized carbons (Fsp3) is 0.520. The maximum absolute atomic E-state index is 6.08. The quantitative estimate of drug-likeness (QED) is 0.858. The highest BCUT2D eigenvalue weighted by molar-refractivity contribution is 5.46. The number of piperazine rings is 1. The van der Waals surface area contributed by atoms with Crippen molar-refractivity contribution in [3.8, 4) is 0 Å². The van der Waals surface area contributed by atoms with E-state index in [0.717, 1.165) is 32.5 Å². The van der Waals surface area contributed by atoms with Crippen molar-refractivity contribution in [3.05, 3.63) is 66.2 Å². The van der Waals surface area contributed by atoms with Crippen LogP contribution in [-0.2, 0) is 10.2 Å². The van der Waals surface area contributed by atoms with E-state index in [1.807, 2.05) is 0 Å². The van der Waals surface area contributed by atoms with Crippen LogP contribution in [0.25, 0.3) is 0 Å². The molecule has 150 valence electrons. The molecule has 2 aromatic carbocycles. The molecule has 0 aliphatic carbocycles. The third-order valence-electron chi connectivity index (χ3n) is 6.77. The monoisotopic (exact) mass is 379 g/mol. The first-order valence-corrected chi connectivity index (χ1v) is 10.9. The highest BCUT2D eigenvalue weighted by atomic mass is 16.5. The molecule has 0 unspecified atom stereocenters. The second-order valence-corrected chi connectivity index (χ2v) is 9.25. The third kappa shape index (κ3) is 4.42. The van der Waals surface area contributed by atoms with Crippen LogP contribution < -0.4 is 9.80 Å². The second-order valence-electron chi connectivity index (χ2n) is 9.25. The summed E-state index contributed by atoms with van der Waals surface area (Å²) in [4.78, 5) is 4.29. The molecule has 2 fully saturated rings. The number of para-hydroxylation sites is 1. The molecule has 28 heavy (non-hydrogen) atoms. The molecule has 3 nitrogen and oxygen atoms in total. The molecule has 2 saturated heterocycles. The van der Waals surface area contributed by atoms with Crippen molar-refractivity contribution in [3.63, 3.8) is 0 Å². The zero-order valence-corrected chi connectivity index (χ0v) is 17.5. The Labute approximate surface area is 170 Å². The van der Waals surface area contributed by atoms with E-state index in [-0.39, 0.29) is 11.0 Å². The Bertz CT molecular complexity index is 738. The molecule has 2 aliphatic rings. The van der Waals surface area contributed by atoms with E-state index in [1.165, 1.54) is 37.3 Å². The first kappa shape index (κ1) is 19.5. The lowest BCUT2D eigenvalue weighted by Crippen LogP contribution is -3.15. The predicted octanol–water partition coefficient (Wildman–Crippen LogP) is 3.31. The molecule has 2 aliphatic heterocycles. The summed E-state index contributed by atoms with van der Waals surface area (Å²) in [5.74, 6) is 0. The van der Waals surface area contributed by atoms with E-state index in [1.54, 1.807) is 4.90 Å². The van der Waals surface area contributed by atoms with Crippen LogP contribution in [0, 0.1) is 0 Å². The number of anilines is 1. The first-order chi connectivity index (χ1) is 13.6. The van der Waals surface area contributed by atoms with Crippen LogP contribution in [0.3, 0.4) is 0 Å². The molecular weight excluding hydrogens is 344 g/mol. The Balaban J connectivity index is 1.40. The van der Waals surface area contributed by atoms with Gasteiger partial charge in [0.1, 0.15) is 0 Å². The molecule has 4 rings (SSSR count). The van der Waals surface area contributed by atoms with Gasteiger partial charge in [0.2, 0.25) is 0 Å². The maximum Gasteiger partial charge on any atom is 0.0949 e. The summed E-state index contributed by atoms with van der Waals surface area (Å²) in [5.41, 5.74) is 3.10. The summed E-state index contributed by atoms with van der Waals surface area (Å²) >= 11 is 0. The van der Waals surface area contributed by atoms with E-state index >= 15 is 0 Å². The van der Waals surface area contributed by atoms with Crippen molar-refractivity contribution in [2.75, 3.05) is 44.2 Å². The average molecular weight is 380 g/mol. The van der Waals surface area contributed by atoms with Crippen LogP contribution >= 0.6 is 0 Å². The van der Waals surface area contributed by atoms with E-state index < -0.39 is 0 Å². The molecular formula is C25H35N2O+. The molecule has 0 bridgehead atoms. The molecule has 2 heterocycles. The summed E-state index contributed by atoms with van der Waals surface area (Å²) in [5, 5.41) is 0. The fourth-order valence-electron chi connectivity index (χ4n) is 5.26. The number of nitrogens with one attached hydrogen (secondary N) is 1. The van der Waals surface area contributed by atoms with Crippen LogP contribution in [0.5, 0.6) is 0 Å². The number of quaternary nitrogens is 1.